The number of nitrogens with zero attached hydrogens (tertiary/aromatic N) is 3. The molecule has 19 heavy (non-hydrogen) atoms. The van der Waals surface area contributed by atoms with Crippen LogP contribution in [0.4, 0.5) is 0 Å². The number of hydrogen-bond donors (Lipinski definition) is 2. The molecule has 0 aliphatic rings. The maximum Gasteiger partial charge on any atom is 0.106 e. The van der Waals surface area contributed by atoms with Gasteiger partial charge in [-0.2, -0.15) is 0 Å². The molecule has 0 saturated heterocycles. The molecule has 0 fully saturated rings. The van der Waals surface area contributed by atoms with Gasteiger partial charge in [0, 0.05) is 12.1 Å². The zero-order valence-electron chi connectivity index (χ0n) is 11.9. The molecule has 2 aromatic heterocycles. The number of furan rings is 1. The Labute approximate surface area is 112 Å². The molecule has 0 aliphatic heterocycles. The molecule has 104 valence electrons. The molecule has 0 spiro atoms. The lowest BCUT2D eigenvalue weighted by Gasteiger charge is -2.17. The molecule has 1 unspecified atom stereocenters. The number of aromatic nitrogens is 3. The van der Waals surface area contributed by atoms with Gasteiger partial charge in [-0.15, -0.1) is 5.10 Å². The second-order valence-corrected chi connectivity index (χ2v) is 4.73. The zero-order chi connectivity index (χ0) is 14.0. The Balaban J connectivity index is 2.47. The van der Waals surface area contributed by atoms with E-state index in [1.54, 1.807) is 6.20 Å². The van der Waals surface area contributed by atoms with Gasteiger partial charge in [-0.1, -0.05) is 12.1 Å². The van der Waals surface area contributed by atoms with Crippen LogP contribution in [0, 0.1) is 20.8 Å². The van der Waals surface area contributed by atoms with Gasteiger partial charge in [0.25, 0.3) is 0 Å². The van der Waals surface area contributed by atoms with Crippen molar-refractivity contribution < 1.29 is 4.42 Å². The predicted octanol–water partition coefficient (Wildman–Crippen LogP) is 1.76. The van der Waals surface area contributed by atoms with Crippen molar-refractivity contribution in [2.24, 2.45) is 5.84 Å². The van der Waals surface area contributed by atoms with Gasteiger partial charge in [0.2, 0.25) is 0 Å². The van der Waals surface area contributed by atoms with E-state index in [-0.39, 0.29) is 6.04 Å². The third-order valence-corrected chi connectivity index (χ3v) is 3.45. The normalized spacial score (nSPS) is 12.9. The molecular weight excluding hydrogens is 242 g/mol. The van der Waals surface area contributed by atoms with Crippen LogP contribution < -0.4 is 11.3 Å². The van der Waals surface area contributed by atoms with Gasteiger partial charge >= 0.3 is 0 Å². The first-order valence-corrected chi connectivity index (χ1v) is 6.51. The highest BCUT2D eigenvalue weighted by Gasteiger charge is 2.24. The van der Waals surface area contributed by atoms with Crippen LogP contribution in [0.15, 0.2) is 10.6 Å². The fourth-order valence-corrected chi connectivity index (χ4v) is 2.43. The highest BCUT2D eigenvalue weighted by Crippen LogP contribution is 2.30. The number of nitrogens with one attached hydrogen (secondary N) is 1. The van der Waals surface area contributed by atoms with Gasteiger partial charge in [-0.3, -0.25) is 5.84 Å². The predicted molar refractivity (Wildman–Crippen MR) is 72.4 cm³/mol. The molecule has 6 nitrogen and oxygen atoms in total. The first kappa shape index (κ1) is 13.8. The number of rotatable bonds is 5. The van der Waals surface area contributed by atoms with Crippen molar-refractivity contribution in [3.05, 3.63) is 34.5 Å². The second kappa shape index (κ2) is 5.54. The summed E-state index contributed by atoms with van der Waals surface area (Å²) in [7, 11) is 0. The Bertz CT molecular complexity index is 557. The van der Waals surface area contributed by atoms with E-state index in [0.29, 0.717) is 0 Å². The van der Waals surface area contributed by atoms with E-state index in [1.165, 1.54) is 0 Å². The molecule has 2 aromatic rings. The van der Waals surface area contributed by atoms with Crippen LogP contribution in [-0.2, 0) is 6.54 Å². The third-order valence-electron chi connectivity index (χ3n) is 3.45. The van der Waals surface area contributed by atoms with E-state index >= 15 is 0 Å². The molecule has 3 N–H and O–H groups in total. The lowest BCUT2D eigenvalue weighted by Crippen LogP contribution is -2.31. The van der Waals surface area contributed by atoms with Crippen molar-refractivity contribution in [2.45, 2.75) is 46.7 Å². The molecule has 0 amide bonds. The van der Waals surface area contributed by atoms with Crippen LogP contribution >= 0.6 is 0 Å². The van der Waals surface area contributed by atoms with Crippen LogP contribution in [0.5, 0.6) is 0 Å². The summed E-state index contributed by atoms with van der Waals surface area (Å²) >= 11 is 0. The summed E-state index contributed by atoms with van der Waals surface area (Å²) in [5.74, 6) is 7.54. The highest BCUT2D eigenvalue weighted by molar-refractivity contribution is 5.38. The molecule has 0 radical (unpaired) electrons. The van der Waals surface area contributed by atoms with E-state index < -0.39 is 0 Å². The minimum absolute atomic E-state index is 0.154. The Morgan fingerprint density at radius 3 is 2.63 bits per heavy atom. The topological polar surface area (TPSA) is 81.9 Å². The number of aryl methyl sites for hydroxylation is 3. The molecule has 2 rings (SSSR count). The second-order valence-electron chi connectivity index (χ2n) is 4.73. The van der Waals surface area contributed by atoms with Crippen LogP contribution in [0.25, 0.3) is 0 Å². The maximum atomic E-state index is 5.75. The van der Waals surface area contributed by atoms with Crippen molar-refractivity contribution in [3.8, 4) is 0 Å². The van der Waals surface area contributed by atoms with Crippen LogP contribution in [-0.4, -0.2) is 15.0 Å². The largest absolute Gasteiger partial charge is 0.466 e. The smallest absolute Gasteiger partial charge is 0.106 e. The lowest BCUT2D eigenvalue weighted by molar-refractivity contribution is 0.483. The molecule has 0 aromatic carbocycles. The van der Waals surface area contributed by atoms with Gasteiger partial charge in [0.05, 0.1) is 17.9 Å². The van der Waals surface area contributed by atoms with Gasteiger partial charge in [-0.25, -0.2) is 10.1 Å². The van der Waals surface area contributed by atoms with E-state index in [1.807, 2.05) is 25.5 Å². The van der Waals surface area contributed by atoms with Gasteiger partial charge in [-0.05, 0) is 32.8 Å². The first-order chi connectivity index (χ1) is 9.10. The Kier molecular flexibility index (Phi) is 4.01. The summed E-state index contributed by atoms with van der Waals surface area (Å²) in [5, 5.41) is 8.09. The fourth-order valence-electron chi connectivity index (χ4n) is 2.43. The molecular formula is C13H21N5O. The van der Waals surface area contributed by atoms with Crippen molar-refractivity contribution in [3.63, 3.8) is 0 Å². The summed E-state index contributed by atoms with van der Waals surface area (Å²) < 4.78 is 7.56. The quantitative estimate of drug-likeness (QED) is 0.634. The third kappa shape index (κ3) is 2.41. The summed E-state index contributed by atoms with van der Waals surface area (Å²) in [6.07, 6.45) is 2.75. The van der Waals surface area contributed by atoms with E-state index in [2.05, 4.69) is 22.7 Å². The van der Waals surface area contributed by atoms with Gasteiger partial charge < -0.3 is 4.42 Å². The maximum absolute atomic E-state index is 5.75. The molecule has 2 heterocycles. The minimum atomic E-state index is -0.154. The SMILES string of the molecule is CCCn1nncc1C(NN)c1c(C)oc(C)c1C. The molecule has 0 saturated carbocycles. The monoisotopic (exact) mass is 263 g/mol. The average Bonchev–Trinajstić information content (AvgIpc) is 2.91. The Hall–Kier alpha value is -1.66. The number of hydrazine groups is 1. The molecule has 1 atom stereocenters. The summed E-state index contributed by atoms with van der Waals surface area (Å²) in [6, 6.07) is -0.154. The van der Waals surface area contributed by atoms with E-state index in [4.69, 9.17) is 10.3 Å². The summed E-state index contributed by atoms with van der Waals surface area (Å²) in [5.41, 5.74) is 5.99. The molecule has 6 heteroatoms. The first-order valence-electron chi connectivity index (χ1n) is 6.51. The summed E-state index contributed by atoms with van der Waals surface area (Å²) in [6.45, 7) is 8.88. The fraction of sp³-hybridized carbons (Fsp3) is 0.538. The Morgan fingerprint density at radius 2 is 2.11 bits per heavy atom. The van der Waals surface area contributed by atoms with E-state index in [9.17, 15) is 0 Å². The zero-order valence-corrected chi connectivity index (χ0v) is 11.9. The van der Waals surface area contributed by atoms with Crippen molar-refractivity contribution in [1.29, 1.82) is 0 Å². The average molecular weight is 263 g/mol. The standard InChI is InChI=1S/C13H21N5O/c1-5-6-18-11(7-15-17-18)13(16-14)12-8(2)9(3)19-10(12)4/h7,13,16H,5-6,14H2,1-4H3. The van der Waals surface area contributed by atoms with Crippen molar-refractivity contribution >= 4 is 0 Å². The number of hydrogen-bond acceptors (Lipinski definition) is 5. The van der Waals surface area contributed by atoms with E-state index in [0.717, 1.165) is 41.3 Å². The summed E-state index contributed by atoms with van der Waals surface area (Å²) in [4.78, 5) is 0. The highest BCUT2D eigenvalue weighted by atomic mass is 16.3. The molecule has 0 aliphatic carbocycles. The van der Waals surface area contributed by atoms with Crippen LogP contribution in [0.3, 0.4) is 0 Å². The van der Waals surface area contributed by atoms with Crippen LogP contribution in [0.1, 0.15) is 47.7 Å². The van der Waals surface area contributed by atoms with Gasteiger partial charge in [0.1, 0.15) is 11.5 Å². The number of nitrogens with two attached hydrogens (primary N) is 1. The van der Waals surface area contributed by atoms with Crippen molar-refractivity contribution in [2.75, 3.05) is 0 Å². The molecule has 0 bridgehead atoms. The van der Waals surface area contributed by atoms with Crippen molar-refractivity contribution in [1.82, 2.24) is 20.4 Å². The van der Waals surface area contributed by atoms with Gasteiger partial charge in [0.15, 0.2) is 0 Å². The lowest BCUT2D eigenvalue weighted by atomic mass is 10.0. The minimum Gasteiger partial charge on any atom is -0.466 e. The Morgan fingerprint density at radius 1 is 1.37 bits per heavy atom. The van der Waals surface area contributed by atoms with Crippen LogP contribution in [0.2, 0.25) is 0 Å².